The minimum Gasteiger partial charge on any atom is -0.309 e. The molecule has 7 heterocycles. The summed E-state index contributed by atoms with van der Waals surface area (Å²) in [6, 6.07) is 75.5. The van der Waals surface area contributed by atoms with Gasteiger partial charge in [-0.05, 0) is 107 Å². The van der Waals surface area contributed by atoms with Crippen molar-refractivity contribution in [3.8, 4) is 39.6 Å². The first kappa shape index (κ1) is 38.9. The summed E-state index contributed by atoms with van der Waals surface area (Å²) in [5.41, 5.74) is 18.2. The molecule has 1 atom stereocenters. The van der Waals surface area contributed by atoms with E-state index in [9.17, 15) is 0 Å². The zero-order valence-corrected chi connectivity index (χ0v) is 38.8. The lowest BCUT2D eigenvalue weighted by Crippen LogP contribution is -2.32. The van der Waals surface area contributed by atoms with E-state index < -0.39 is 5.41 Å². The summed E-state index contributed by atoms with van der Waals surface area (Å²) >= 11 is 1.85. The Morgan fingerprint density at radius 3 is 1.58 bits per heavy atom. The molecule has 1 aliphatic heterocycles. The van der Waals surface area contributed by atoms with Gasteiger partial charge < -0.3 is 13.7 Å². The predicted molar refractivity (Wildman–Crippen MR) is 290 cm³/mol. The van der Waals surface area contributed by atoms with E-state index in [1.807, 2.05) is 30.4 Å². The number of para-hydroxylation sites is 5. The standard InChI is InChI=1S/C64H38N6S/c1-7-21-52-42(14-1)43-15-2-8-22-53(43)68(52)41-28-30-61-50(36-41)64(48-19-6-12-26-60(48)71-61)49-20-13-32-66-62(49)63-51(64)35-40(37-67-63)39-27-29-57-47(34-39)46-18-5-11-25-56(46)69(57)58-31-33-65-38-59(58)70-54-23-9-3-16-44(54)45-17-4-10-24-55(45)70/h1-38H. The van der Waals surface area contributed by atoms with Crippen LogP contribution in [0, 0.1) is 0 Å². The normalized spacial score (nSPS) is 14.8. The van der Waals surface area contributed by atoms with E-state index in [0.29, 0.717) is 0 Å². The Bertz CT molecular complexity index is 4490. The van der Waals surface area contributed by atoms with Crippen molar-refractivity contribution in [3.05, 3.63) is 253 Å². The van der Waals surface area contributed by atoms with Crippen molar-refractivity contribution >= 4 is 77.2 Å². The number of hydrogen-bond donors (Lipinski definition) is 0. The van der Waals surface area contributed by atoms with Crippen LogP contribution in [0.1, 0.15) is 22.3 Å². The van der Waals surface area contributed by atoms with Crippen molar-refractivity contribution in [3.63, 3.8) is 0 Å². The fourth-order valence-corrected chi connectivity index (χ4v) is 13.6. The molecule has 0 radical (unpaired) electrons. The van der Waals surface area contributed by atoms with Gasteiger partial charge in [0.15, 0.2) is 0 Å². The van der Waals surface area contributed by atoms with E-state index in [2.05, 4.69) is 226 Å². The fraction of sp³-hybridized carbons (Fsp3) is 0.0156. The fourth-order valence-electron chi connectivity index (χ4n) is 12.4. The van der Waals surface area contributed by atoms with Gasteiger partial charge in [0.05, 0.1) is 67.5 Å². The molecule has 0 amide bonds. The van der Waals surface area contributed by atoms with Crippen molar-refractivity contribution in [2.45, 2.75) is 15.2 Å². The topological polar surface area (TPSA) is 53.5 Å². The van der Waals surface area contributed by atoms with Crippen molar-refractivity contribution in [2.24, 2.45) is 0 Å². The summed E-state index contributed by atoms with van der Waals surface area (Å²) in [5.74, 6) is 0. The minimum absolute atomic E-state index is 0.682. The van der Waals surface area contributed by atoms with E-state index in [1.54, 1.807) is 0 Å². The lowest BCUT2D eigenvalue weighted by molar-refractivity contribution is 0.718. The molecule has 2 aliphatic rings. The quantitative estimate of drug-likeness (QED) is 0.176. The zero-order valence-electron chi connectivity index (χ0n) is 38.0. The Kier molecular flexibility index (Phi) is 7.94. The third-order valence-corrected chi connectivity index (χ3v) is 16.4. The molecule has 6 nitrogen and oxygen atoms in total. The van der Waals surface area contributed by atoms with E-state index in [1.165, 1.54) is 64.3 Å². The van der Waals surface area contributed by atoms with Gasteiger partial charge in [0, 0.05) is 77.5 Å². The first-order chi connectivity index (χ1) is 35.2. The molecule has 7 heteroatoms. The second-order valence-corrected chi connectivity index (χ2v) is 19.8. The molecule has 0 saturated heterocycles. The smallest absolute Gasteiger partial charge is 0.0937 e. The highest BCUT2D eigenvalue weighted by atomic mass is 32.2. The van der Waals surface area contributed by atoms with Crippen molar-refractivity contribution in [1.82, 2.24) is 28.7 Å². The zero-order chi connectivity index (χ0) is 46.4. The maximum absolute atomic E-state index is 5.42. The van der Waals surface area contributed by atoms with Gasteiger partial charge in [0.1, 0.15) is 0 Å². The van der Waals surface area contributed by atoms with Gasteiger partial charge in [-0.15, -0.1) is 0 Å². The van der Waals surface area contributed by atoms with Crippen LogP contribution in [-0.2, 0) is 5.41 Å². The van der Waals surface area contributed by atoms with Gasteiger partial charge >= 0.3 is 0 Å². The van der Waals surface area contributed by atoms with Crippen LogP contribution in [0.25, 0.3) is 105 Å². The average Bonchev–Trinajstić information content (AvgIpc) is 4.15. The van der Waals surface area contributed by atoms with Crippen LogP contribution < -0.4 is 0 Å². The first-order valence-electron chi connectivity index (χ1n) is 24.1. The molecule has 1 aliphatic carbocycles. The van der Waals surface area contributed by atoms with E-state index in [-0.39, 0.29) is 0 Å². The number of pyridine rings is 3. The number of fused-ring (bicyclic) bond motifs is 18. The number of benzene rings is 8. The van der Waals surface area contributed by atoms with Crippen molar-refractivity contribution < 1.29 is 0 Å². The molecular weight excluding hydrogens is 885 g/mol. The van der Waals surface area contributed by atoms with Crippen LogP contribution in [0.2, 0.25) is 0 Å². The second-order valence-electron chi connectivity index (χ2n) is 18.7. The Morgan fingerprint density at radius 1 is 0.338 bits per heavy atom. The first-order valence-corrected chi connectivity index (χ1v) is 24.9. The lowest BCUT2D eigenvalue weighted by atomic mass is 9.67. The molecule has 330 valence electrons. The molecule has 14 aromatic rings. The highest BCUT2D eigenvalue weighted by Gasteiger charge is 2.52. The maximum Gasteiger partial charge on any atom is 0.0937 e. The highest BCUT2D eigenvalue weighted by molar-refractivity contribution is 7.99. The van der Waals surface area contributed by atoms with Gasteiger partial charge in [-0.2, -0.15) is 0 Å². The number of rotatable bonds is 4. The van der Waals surface area contributed by atoms with Crippen molar-refractivity contribution in [1.29, 1.82) is 0 Å². The SMILES string of the molecule is c1ccc2c(c1)Sc1ccc(-n3c4ccccc4c4ccccc43)cc1C21c2cccnc2-c2ncc(-c3ccc4c(c3)c3ccccc3n4-c3ccncc3-n3c4ccccc4c4ccccc43)cc21. The Balaban J connectivity index is 0.915. The molecule has 71 heavy (non-hydrogen) atoms. The molecular formula is C64H38N6S. The molecule has 16 rings (SSSR count). The highest BCUT2D eigenvalue weighted by Crippen LogP contribution is 2.62. The van der Waals surface area contributed by atoms with E-state index in [4.69, 9.17) is 15.0 Å². The van der Waals surface area contributed by atoms with Crippen LogP contribution in [0.15, 0.2) is 241 Å². The van der Waals surface area contributed by atoms with E-state index in [0.717, 1.165) is 72.8 Å². The Morgan fingerprint density at radius 2 is 0.887 bits per heavy atom. The molecule has 1 unspecified atom stereocenters. The molecule has 0 bridgehead atoms. The van der Waals surface area contributed by atoms with Gasteiger partial charge in [-0.3, -0.25) is 15.0 Å². The Hall–Kier alpha value is -9.04. The molecule has 1 spiro atoms. The van der Waals surface area contributed by atoms with Gasteiger partial charge in [-0.1, -0.05) is 133 Å². The summed E-state index contributed by atoms with van der Waals surface area (Å²) < 4.78 is 7.21. The molecule has 6 aromatic heterocycles. The molecule has 0 fully saturated rings. The molecule has 8 aromatic carbocycles. The number of hydrogen-bond acceptors (Lipinski definition) is 4. The Labute approximate surface area is 411 Å². The van der Waals surface area contributed by atoms with Crippen LogP contribution in [-0.4, -0.2) is 28.7 Å². The summed E-state index contributed by atoms with van der Waals surface area (Å²) in [4.78, 5) is 17.8. The predicted octanol–water partition coefficient (Wildman–Crippen LogP) is 15.7. The molecule has 0 saturated carbocycles. The number of aromatic nitrogens is 6. The van der Waals surface area contributed by atoms with Gasteiger partial charge in [0.2, 0.25) is 0 Å². The second kappa shape index (κ2) is 14.5. The van der Waals surface area contributed by atoms with Crippen LogP contribution in [0.3, 0.4) is 0 Å². The number of nitrogens with zero attached hydrogens (tertiary/aromatic N) is 6. The minimum atomic E-state index is -0.682. The average molecular weight is 923 g/mol. The summed E-state index contributed by atoms with van der Waals surface area (Å²) in [7, 11) is 0. The maximum atomic E-state index is 5.42. The molecule has 0 N–H and O–H groups in total. The van der Waals surface area contributed by atoms with Crippen molar-refractivity contribution in [2.75, 3.05) is 0 Å². The van der Waals surface area contributed by atoms with Crippen LogP contribution in [0.5, 0.6) is 0 Å². The van der Waals surface area contributed by atoms with Gasteiger partial charge in [-0.25, -0.2) is 0 Å². The third kappa shape index (κ3) is 5.20. The lowest BCUT2D eigenvalue weighted by Gasteiger charge is -2.39. The van der Waals surface area contributed by atoms with E-state index >= 15 is 0 Å². The monoisotopic (exact) mass is 922 g/mol. The summed E-state index contributed by atoms with van der Waals surface area (Å²) in [6.45, 7) is 0. The van der Waals surface area contributed by atoms with Crippen LogP contribution in [0.4, 0.5) is 0 Å². The van der Waals surface area contributed by atoms with Crippen LogP contribution >= 0.6 is 11.8 Å². The van der Waals surface area contributed by atoms with Gasteiger partial charge in [0.25, 0.3) is 0 Å². The third-order valence-electron chi connectivity index (χ3n) is 15.3. The largest absolute Gasteiger partial charge is 0.309 e. The summed E-state index contributed by atoms with van der Waals surface area (Å²) in [5, 5.41) is 7.28. The summed E-state index contributed by atoms with van der Waals surface area (Å²) in [6.07, 6.45) is 7.88.